The summed E-state index contributed by atoms with van der Waals surface area (Å²) in [6.45, 7) is 17.2. The van der Waals surface area contributed by atoms with Crippen LogP contribution in [-0.4, -0.2) is 71.0 Å². The summed E-state index contributed by atoms with van der Waals surface area (Å²) in [6, 6.07) is -0.0846. The Hall–Kier alpha value is -3.14. The van der Waals surface area contributed by atoms with Gasteiger partial charge in [-0.3, -0.25) is 14.6 Å². The predicted octanol–water partition coefficient (Wildman–Crippen LogP) is 5.72. The molecule has 0 aromatic carbocycles. The molecule has 2 aliphatic carbocycles. The van der Waals surface area contributed by atoms with E-state index in [0.29, 0.717) is 30.9 Å². The van der Waals surface area contributed by atoms with Gasteiger partial charge in [0.05, 0.1) is 0 Å². The highest BCUT2D eigenvalue weighted by molar-refractivity contribution is 6.19. The summed E-state index contributed by atoms with van der Waals surface area (Å²) in [6.07, 6.45) is 9.76. The van der Waals surface area contributed by atoms with Gasteiger partial charge in [-0.25, -0.2) is 4.79 Å². The molecule has 1 heterocycles. The molecule has 0 bridgehead atoms. The van der Waals surface area contributed by atoms with Crippen LogP contribution in [0.2, 0.25) is 0 Å². The van der Waals surface area contributed by atoms with Crippen molar-refractivity contribution in [2.24, 2.45) is 16.8 Å². The van der Waals surface area contributed by atoms with Gasteiger partial charge in [-0.05, 0) is 86.1 Å². The molecule has 2 unspecified atom stereocenters. The predicted molar refractivity (Wildman–Crippen MR) is 160 cm³/mol. The van der Waals surface area contributed by atoms with E-state index in [9.17, 15) is 14.4 Å². The van der Waals surface area contributed by atoms with Crippen molar-refractivity contribution >= 4 is 23.9 Å². The number of ketones is 1. The summed E-state index contributed by atoms with van der Waals surface area (Å²) >= 11 is 0. The van der Waals surface area contributed by atoms with Crippen LogP contribution in [0, 0.1) is 30.1 Å². The van der Waals surface area contributed by atoms with Crippen LogP contribution >= 0.6 is 0 Å². The molecule has 0 spiro atoms. The van der Waals surface area contributed by atoms with Crippen molar-refractivity contribution in [3.05, 3.63) is 41.0 Å². The molecule has 3 aliphatic rings. The fourth-order valence-corrected chi connectivity index (χ4v) is 5.61. The lowest BCUT2D eigenvalue weighted by Crippen LogP contribution is -2.58. The molecule has 0 N–H and O–H groups in total. The van der Waals surface area contributed by atoms with Gasteiger partial charge >= 0.3 is 6.09 Å². The lowest BCUT2D eigenvalue weighted by atomic mass is 9.79. The minimum atomic E-state index is -0.561. The average Bonchev–Trinajstić information content (AvgIpc) is 3.75. The molecule has 7 heteroatoms. The molecule has 1 radical (unpaired) electrons. The molecule has 2 fully saturated rings. The number of carbonyl (C=O) groups excluding carboxylic acids is 3. The molecule has 1 saturated carbocycles. The van der Waals surface area contributed by atoms with Gasteiger partial charge in [0, 0.05) is 66.8 Å². The summed E-state index contributed by atoms with van der Waals surface area (Å²) in [7, 11) is 0. The first-order valence-electron chi connectivity index (χ1n) is 14.6. The number of hydrogen-bond acceptors (Lipinski definition) is 6. The minimum Gasteiger partial charge on any atom is -0.444 e. The third kappa shape index (κ3) is 7.96. The first-order chi connectivity index (χ1) is 18.9. The smallest absolute Gasteiger partial charge is 0.410 e. The number of nitrogens with zero attached hydrogens (tertiary/aromatic N) is 3. The zero-order chi connectivity index (χ0) is 29.6. The van der Waals surface area contributed by atoms with Gasteiger partial charge < -0.3 is 14.5 Å². The maximum absolute atomic E-state index is 12.9. The number of rotatable bonds is 7. The Labute approximate surface area is 240 Å². The number of piperazine rings is 1. The summed E-state index contributed by atoms with van der Waals surface area (Å²) in [5.74, 6) is 7.17. The van der Waals surface area contributed by atoms with Crippen molar-refractivity contribution in [1.29, 1.82) is 0 Å². The van der Waals surface area contributed by atoms with E-state index in [-0.39, 0.29) is 35.8 Å². The normalized spacial score (nSPS) is 26.2. The fourth-order valence-electron chi connectivity index (χ4n) is 5.61. The van der Waals surface area contributed by atoms with Crippen LogP contribution in [0.5, 0.6) is 0 Å². The summed E-state index contributed by atoms with van der Waals surface area (Å²) in [4.78, 5) is 46.5. The maximum Gasteiger partial charge on any atom is 0.410 e. The number of allylic oxidation sites excluding steroid dienone is 6. The molecule has 4 atom stereocenters. The second kappa shape index (κ2) is 13.5. The second-order valence-electron chi connectivity index (χ2n) is 12.1. The third-order valence-electron chi connectivity index (χ3n) is 7.74. The van der Waals surface area contributed by atoms with Crippen molar-refractivity contribution in [2.75, 3.05) is 19.6 Å². The van der Waals surface area contributed by atoms with Crippen molar-refractivity contribution < 1.29 is 19.1 Å². The average molecular weight is 549 g/mol. The number of carbonyl (C=O) groups is 3. The van der Waals surface area contributed by atoms with Gasteiger partial charge in [0.15, 0.2) is 5.78 Å². The van der Waals surface area contributed by atoms with E-state index in [2.05, 4.69) is 23.7 Å². The van der Waals surface area contributed by atoms with E-state index < -0.39 is 5.60 Å². The first kappa shape index (κ1) is 31.4. The van der Waals surface area contributed by atoms with Gasteiger partial charge in [0.2, 0.25) is 0 Å². The number of hydrogen-bond donors (Lipinski definition) is 0. The first-order valence-corrected chi connectivity index (χ1v) is 14.6. The highest BCUT2D eigenvalue weighted by Crippen LogP contribution is 2.34. The van der Waals surface area contributed by atoms with Crippen molar-refractivity contribution in [2.45, 2.75) is 98.8 Å². The zero-order valence-electron chi connectivity index (χ0n) is 25.5. The molecule has 0 aromatic heterocycles. The van der Waals surface area contributed by atoms with E-state index in [4.69, 9.17) is 9.73 Å². The SMILES string of the molecule is C/C=C(C=O)\C(C(C#CC1CCCC(C(=O)C2=C[CH]2)C1)=NCC)=C(\C)N1C[C@@H](C)N(C(=O)OC(C)(C)C)C[C@@H]1C. The van der Waals surface area contributed by atoms with Gasteiger partial charge in [-0.2, -0.15) is 0 Å². The monoisotopic (exact) mass is 548 g/mol. The Kier molecular flexibility index (Phi) is 10.6. The highest BCUT2D eigenvalue weighted by Gasteiger charge is 2.36. The van der Waals surface area contributed by atoms with Crippen molar-refractivity contribution in [3.8, 4) is 11.8 Å². The van der Waals surface area contributed by atoms with Crippen LogP contribution in [0.1, 0.15) is 81.1 Å². The Bertz CT molecular complexity index is 1170. The lowest BCUT2D eigenvalue weighted by Gasteiger charge is -2.46. The Balaban J connectivity index is 1.90. The number of ether oxygens (including phenoxy) is 1. The van der Waals surface area contributed by atoms with Gasteiger partial charge in [-0.1, -0.05) is 24.5 Å². The summed E-state index contributed by atoms with van der Waals surface area (Å²) in [5, 5.41) is 0. The molecule has 1 aliphatic heterocycles. The van der Waals surface area contributed by atoms with E-state index in [1.165, 1.54) is 0 Å². The van der Waals surface area contributed by atoms with E-state index in [1.807, 2.05) is 61.0 Å². The van der Waals surface area contributed by atoms with Crippen LogP contribution in [-0.2, 0) is 14.3 Å². The lowest BCUT2D eigenvalue weighted by molar-refractivity contribution is -0.119. The topological polar surface area (TPSA) is 79.3 Å². The van der Waals surface area contributed by atoms with Crippen LogP contribution in [0.15, 0.2) is 39.6 Å². The largest absolute Gasteiger partial charge is 0.444 e. The minimum absolute atomic E-state index is 0.00189. The number of amides is 1. The Morgan fingerprint density at radius 3 is 2.38 bits per heavy atom. The molecular weight excluding hydrogens is 502 g/mol. The number of Topliss-reactive ketones (excluding diaryl/α,β-unsaturated/α-hetero) is 1. The molecule has 0 aromatic rings. The maximum atomic E-state index is 12.9. The second-order valence-corrected chi connectivity index (χ2v) is 12.1. The number of aldehydes is 1. The molecular formula is C33H46N3O4. The highest BCUT2D eigenvalue weighted by atomic mass is 16.6. The van der Waals surface area contributed by atoms with Gasteiger partial charge in [-0.15, -0.1) is 0 Å². The standard InChI is InChI=1S/C33H46N3O4/c1-9-26(21-37)30(24(5)35-19-23(4)36(20-22(35)3)32(39)40-33(6,7)8)29(34-10-2)17-14-25-12-11-13-28(18-25)31(38)27-15-16-27/h9,15-16,21-23,25,28H,10-13,18-20H2,1-8H3/b26-9-,30-24+,34-29?/t22-,23+,25?,28?/m0/s1. The molecule has 40 heavy (non-hydrogen) atoms. The number of aliphatic imine (C=N–C) groups is 1. The summed E-state index contributed by atoms with van der Waals surface area (Å²) in [5.41, 5.74) is 3.08. The van der Waals surface area contributed by atoms with E-state index in [1.54, 1.807) is 11.0 Å². The molecule has 3 rings (SSSR count). The van der Waals surface area contributed by atoms with E-state index in [0.717, 1.165) is 48.8 Å². The Morgan fingerprint density at radius 1 is 1.15 bits per heavy atom. The molecule has 217 valence electrons. The van der Waals surface area contributed by atoms with Crippen LogP contribution < -0.4 is 0 Å². The van der Waals surface area contributed by atoms with Crippen molar-refractivity contribution in [1.82, 2.24) is 9.80 Å². The van der Waals surface area contributed by atoms with Crippen LogP contribution in [0.3, 0.4) is 0 Å². The molecule has 1 saturated heterocycles. The fraction of sp³-hybridized carbons (Fsp3) is 0.606. The van der Waals surface area contributed by atoms with Crippen LogP contribution in [0.25, 0.3) is 0 Å². The van der Waals surface area contributed by atoms with Gasteiger partial charge in [0.25, 0.3) is 0 Å². The van der Waals surface area contributed by atoms with E-state index >= 15 is 0 Å². The van der Waals surface area contributed by atoms with Crippen molar-refractivity contribution in [3.63, 3.8) is 0 Å². The third-order valence-corrected chi connectivity index (χ3v) is 7.74. The van der Waals surface area contributed by atoms with Crippen LogP contribution in [0.4, 0.5) is 4.79 Å². The Morgan fingerprint density at radius 2 is 1.80 bits per heavy atom. The molecule has 7 nitrogen and oxygen atoms in total. The summed E-state index contributed by atoms with van der Waals surface area (Å²) < 4.78 is 5.65. The zero-order valence-corrected chi connectivity index (χ0v) is 25.5. The van der Waals surface area contributed by atoms with Gasteiger partial charge in [0.1, 0.15) is 17.6 Å². The molecule has 1 amide bonds. The quantitative estimate of drug-likeness (QED) is 0.134.